The van der Waals surface area contributed by atoms with Crippen LogP contribution >= 0.6 is 0 Å². The van der Waals surface area contributed by atoms with Gasteiger partial charge in [-0.15, -0.1) is 0 Å². The lowest BCUT2D eigenvalue weighted by Gasteiger charge is -2.32. The van der Waals surface area contributed by atoms with Crippen molar-refractivity contribution in [2.45, 2.75) is 45.2 Å². The van der Waals surface area contributed by atoms with Crippen LogP contribution in [0.5, 0.6) is 0 Å². The molecule has 2 N–H and O–H groups in total. The van der Waals surface area contributed by atoms with E-state index in [4.69, 9.17) is 0 Å². The van der Waals surface area contributed by atoms with Crippen LogP contribution < -0.4 is 10.2 Å². The second-order valence-corrected chi connectivity index (χ2v) is 6.60. The first-order valence-corrected chi connectivity index (χ1v) is 7.08. The molecule has 3 heteroatoms. The van der Waals surface area contributed by atoms with Gasteiger partial charge in [0.2, 0.25) is 5.91 Å². The van der Waals surface area contributed by atoms with E-state index in [-0.39, 0.29) is 17.5 Å². The van der Waals surface area contributed by atoms with Crippen molar-refractivity contribution in [3.8, 4) is 0 Å². The largest absolute Gasteiger partial charge is 0.351 e. The third kappa shape index (κ3) is 3.57. The van der Waals surface area contributed by atoms with E-state index in [0.717, 1.165) is 13.0 Å². The third-order valence-corrected chi connectivity index (χ3v) is 3.72. The standard InChI is InChI=1S/C16H24N2O/c1-16(2,3)17-15(19)11-14-13-8-6-5-7-12(13)9-10-18(14)4/h5-8,14H,9-11H2,1-4H3,(H,17,19)/p+1/t14-/m0/s1. The molecule has 0 saturated carbocycles. The number of benzene rings is 1. The summed E-state index contributed by atoms with van der Waals surface area (Å²) in [6.07, 6.45) is 1.68. The lowest BCUT2D eigenvalue weighted by molar-refractivity contribution is -0.914. The highest BCUT2D eigenvalue weighted by Crippen LogP contribution is 2.22. The minimum absolute atomic E-state index is 0.147. The van der Waals surface area contributed by atoms with Crippen molar-refractivity contribution in [2.75, 3.05) is 13.6 Å². The summed E-state index contributed by atoms with van der Waals surface area (Å²) in [5.41, 5.74) is 2.59. The first-order valence-electron chi connectivity index (χ1n) is 7.08. The average molecular weight is 261 g/mol. The number of hydrogen-bond donors (Lipinski definition) is 2. The van der Waals surface area contributed by atoms with E-state index in [1.165, 1.54) is 16.0 Å². The van der Waals surface area contributed by atoms with Crippen LogP contribution in [0.4, 0.5) is 0 Å². The molecule has 0 aromatic heterocycles. The second-order valence-electron chi connectivity index (χ2n) is 6.60. The summed E-state index contributed by atoms with van der Waals surface area (Å²) in [7, 11) is 2.19. The summed E-state index contributed by atoms with van der Waals surface area (Å²) in [4.78, 5) is 13.6. The third-order valence-electron chi connectivity index (χ3n) is 3.72. The van der Waals surface area contributed by atoms with Crippen molar-refractivity contribution < 1.29 is 9.69 Å². The number of likely N-dealkylation sites (N-methyl/N-ethyl adjacent to an activating group) is 1. The first-order chi connectivity index (χ1) is 8.87. The van der Waals surface area contributed by atoms with Gasteiger partial charge in [-0.2, -0.15) is 0 Å². The molecule has 2 atom stereocenters. The van der Waals surface area contributed by atoms with Crippen molar-refractivity contribution >= 4 is 5.91 Å². The smallest absolute Gasteiger partial charge is 0.226 e. The first kappa shape index (κ1) is 14.1. The molecule has 0 fully saturated rings. The molecule has 1 unspecified atom stereocenters. The lowest BCUT2D eigenvalue weighted by Crippen LogP contribution is -3.10. The monoisotopic (exact) mass is 261 g/mol. The fourth-order valence-corrected chi connectivity index (χ4v) is 2.81. The summed E-state index contributed by atoms with van der Waals surface area (Å²) < 4.78 is 0. The van der Waals surface area contributed by atoms with Crippen molar-refractivity contribution in [3.05, 3.63) is 35.4 Å². The van der Waals surface area contributed by atoms with Crippen LogP contribution in [-0.2, 0) is 11.2 Å². The number of fused-ring (bicyclic) bond motifs is 1. The summed E-state index contributed by atoms with van der Waals surface area (Å²) in [6.45, 7) is 7.17. The van der Waals surface area contributed by atoms with Crippen molar-refractivity contribution in [1.82, 2.24) is 5.32 Å². The highest BCUT2D eigenvalue weighted by molar-refractivity contribution is 5.77. The fourth-order valence-electron chi connectivity index (χ4n) is 2.81. The number of carbonyl (C=O) groups is 1. The molecule has 1 aliphatic rings. The molecular formula is C16H25N2O+. The molecule has 19 heavy (non-hydrogen) atoms. The fraction of sp³-hybridized carbons (Fsp3) is 0.562. The van der Waals surface area contributed by atoms with Crippen LogP contribution in [0.1, 0.15) is 44.4 Å². The Morgan fingerprint density at radius 3 is 2.74 bits per heavy atom. The Kier molecular flexibility index (Phi) is 3.95. The van der Waals surface area contributed by atoms with Crippen LogP contribution in [0.25, 0.3) is 0 Å². The SMILES string of the molecule is C[NH+]1CCc2ccccc2[C@@H]1CC(=O)NC(C)(C)C. The molecule has 1 aromatic rings. The van der Waals surface area contributed by atoms with Gasteiger partial charge < -0.3 is 10.2 Å². The Labute approximate surface area is 116 Å². The number of quaternary nitrogens is 1. The van der Waals surface area contributed by atoms with Gasteiger partial charge in [-0.25, -0.2) is 0 Å². The molecule has 0 radical (unpaired) electrons. The van der Waals surface area contributed by atoms with Crippen molar-refractivity contribution in [1.29, 1.82) is 0 Å². The van der Waals surface area contributed by atoms with E-state index >= 15 is 0 Å². The summed E-state index contributed by atoms with van der Waals surface area (Å²) >= 11 is 0. The van der Waals surface area contributed by atoms with Gasteiger partial charge in [-0.3, -0.25) is 4.79 Å². The van der Waals surface area contributed by atoms with Gasteiger partial charge in [0.15, 0.2) is 0 Å². The lowest BCUT2D eigenvalue weighted by atomic mass is 9.91. The van der Waals surface area contributed by atoms with Gasteiger partial charge in [0.05, 0.1) is 20.0 Å². The minimum Gasteiger partial charge on any atom is -0.351 e. The predicted molar refractivity (Wildman–Crippen MR) is 77.2 cm³/mol. The number of rotatable bonds is 2. The van der Waals surface area contributed by atoms with Gasteiger partial charge in [0, 0.05) is 17.5 Å². The highest BCUT2D eigenvalue weighted by Gasteiger charge is 2.30. The van der Waals surface area contributed by atoms with Gasteiger partial charge in [-0.1, -0.05) is 24.3 Å². The van der Waals surface area contributed by atoms with Crippen LogP contribution in [-0.4, -0.2) is 25.0 Å². The quantitative estimate of drug-likeness (QED) is 0.821. The zero-order chi connectivity index (χ0) is 14.0. The van der Waals surface area contributed by atoms with Gasteiger partial charge in [0.1, 0.15) is 6.04 Å². The summed E-state index contributed by atoms with van der Waals surface area (Å²) in [5, 5.41) is 3.07. The van der Waals surface area contributed by atoms with Crippen LogP contribution in [0.2, 0.25) is 0 Å². The van der Waals surface area contributed by atoms with Crippen molar-refractivity contribution in [2.24, 2.45) is 0 Å². The number of carbonyl (C=O) groups excluding carboxylic acids is 1. The van der Waals surface area contributed by atoms with E-state index in [2.05, 4.69) is 36.6 Å². The Bertz CT molecular complexity index is 462. The molecule has 1 amide bonds. The molecule has 1 aromatic carbocycles. The molecule has 0 spiro atoms. The van der Waals surface area contributed by atoms with Crippen LogP contribution in [0, 0.1) is 0 Å². The molecule has 2 rings (SSSR count). The molecule has 0 saturated heterocycles. The van der Waals surface area contributed by atoms with E-state index in [0.29, 0.717) is 6.42 Å². The van der Waals surface area contributed by atoms with Crippen LogP contribution in [0.15, 0.2) is 24.3 Å². The maximum Gasteiger partial charge on any atom is 0.226 e. The Balaban J connectivity index is 2.13. The molecule has 1 aliphatic heterocycles. The molecular weight excluding hydrogens is 236 g/mol. The summed E-state index contributed by atoms with van der Waals surface area (Å²) in [6, 6.07) is 8.81. The normalized spacial score (nSPS) is 22.7. The number of amides is 1. The molecule has 0 aliphatic carbocycles. The predicted octanol–water partition coefficient (Wildman–Crippen LogP) is 1.10. The molecule has 0 bridgehead atoms. The van der Waals surface area contributed by atoms with E-state index in [1.54, 1.807) is 0 Å². The van der Waals surface area contributed by atoms with Gasteiger partial charge in [0.25, 0.3) is 0 Å². The maximum atomic E-state index is 12.2. The Morgan fingerprint density at radius 1 is 1.37 bits per heavy atom. The molecule has 3 nitrogen and oxygen atoms in total. The van der Waals surface area contributed by atoms with Gasteiger partial charge >= 0.3 is 0 Å². The topological polar surface area (TPSA) is 33.5 Å². The van der Waals surface area contributed by atoms with E-state index in [1.807, 2.05) is 20.8 Å². The molecule has 1 heterocycles. The average Bonchev–Trinajstić information content (AvgIpc) is 2.31. The maximum absolute atomic E-state index is 12.2. The Morgan fingerprint density at radius 2 is 2.05 bits per heavy atom. The zero-order valence-corrected chi connectivity index (χ0v) is 12.4. The summed E-state index contributed by atoms with van der Waals surface area (Å²) in [5.74, 6) is 0.147. The van der Waals surface area contributed by atoms with Crippen molar-refractivity contribution in [3.63, 3.8) is 0 Å². The van der Waals surface area contributed by atoms with E-state index in [9.17, 15) is 4.79 Å². The number of hydrogen-bond acceptors (Lipinski definition) is 1. The number of nitrogens with one attached hydrogen (secondary N) is 2. The minimum atomic E-state index is -0.154. The highest BCUT2D eigenvalue weighted by atomic mass is 16.1. The zero-order valence-electron chi connectivity index (χ0n) is 12.4. The van der Waals surface area contributed by atoms with Crippen LogP contribution in [0.3, 0.4) is 0 Å². The Hall–Kier alpha value is -1.35. The van der Waals surface area contributed by atoms with E-state index < -0.39 is 0 Å². The molecule has 104 valence electrons. The second kappa shape index (κ2) is 5.33. The van der Waals surface area contributed by atoms with Gasteiger partial charge in [-0.05, 0) is 26.3 Å².